The fourth-order valence-corrected chi connectivity index (χ4v) is 6.98. The molecule has 4 aliphatic rings. The summed E-state index contributed by atoms with van der Waals surface area (Å²) >= 11 is 6.91. The van der Waals surface area contributed by atoms with Crippen molar-refractivity contribution < 1.29 is 18.7 Å². The maximum Gasteiger partial charge on any atom is 0.261 e. The second-order valence-electron chi connectivity index (χ2n) is 12.2. The molecule has 6 heterocycles. The molecule has 0 aromatic carbocycles. The van der Waals surface area contributed by atoms with Gasteiger partial charge in [0.05, 0.1) is 6.04 Å². The lowest BCUT2D eigenvalue weighted by Crippen LogP contribution is -2.57. The number of hydrogen-bond acceptors (Lipinski definition) is 8. The molecule has 4 aliphatic heterocycles. The van der Waals surface area contributed by atoms with Crippen molar-refractivity contribution in [3.8, 4) is 17.1 Å². The summed E-state index contributed by atoms with van der Waals surface area (Å²) in [6, 6.07) is 2.70. The maximum atomic E-state index is 15.1. The van der Waals surface area contributed by atoms with Gasteiger partial charge in [-0.1, -0.05) is 18.2 Å². The van der Waals surface area contributed by atoms with Crippen LogP contribution in [0, 0.1) is 5.82 Å². The number of amides is 2. The number of ether oxygens (including phenoxy) is 1. The molecule has 3 saturated heterocycles. The lowest BCUT2D eigenvalue weighted by molar-refractivity contribution is -0.128. The van der Waals surface area contributed by atoms with Gasteiger partial charge < -0.3 is 24.3 Å². The van der Waals surface area contributed by atoms with Crippen LogP contribution in [0.25, 0.3) is 11.4 Å². The number of halogens is 2. The van der Waals surface area contributed by atoms with Gasteiger partial charge in [0.1, 0.15) is 34.4 Å². The summed E-state index contributed by atoms with van der Waals surface area (Å²) in [5, 5.41) is 0.0474. The van der Waals surface area contributed by atoms with Crippen LogP contribution in [0.1, 0.15) is 30.6 Å². The minimum Gasteiger partial charge on any atom is -0.489 e. The maximum absolute atomic E-state index is 15.1. The second-order valence-corrected chi connectivity index (χ2v) is 12.6. The zero-order valence-corrected chi connectivity index (χ0v) is 25.1. The number of fused-ring (bicyclic) bond motifs is 2. The van der Waals surface area contributed by atoms with Crippen molar-refractivity contribution in [2.45, 2.75) is 37.9 Å². The number of pyridine rings is 2. The van der Waals surface area contributed by atoms with E-state index < -0.39 is 5.82 Å². The molecule has 0 radical (unpaired) electrons. The molecular weight excluding hydrogens is 561 g/mol. The Morgan fingerprint density at radius 3 is 2.62 bits per heavy atom. The Morgan fingerprint density at radius 1 is 1.14 bits per heavy atom. The van der Waals surface area contributed by atoms with E-state index in [9.17, 15) is 9.59 Å². The van der Waals surface area contributed by atoms with Gasteiger partial charge in [-0.3, -0.25) is 19.5 Å². The number of nitrogens with zero attached hydrogens (tertiary/aromatic N) is 7. The van der Waals surface area contributed by atoms with Gasteiger partial charge in [-0.25, -0.2) is 9.37 Å². The lowest BCUT2D eigenvalue weighted by Gasteiger charge is -2.40. The third-order valence-corrected chi connectivity index (χ3v) is 9.44. The Morgan fingerprint density at radius 2 is 1.90 bits per heavy atom. The molecule has 10 nitrogen and oxygen atoms in total. The number of carbonyl (C=O) groups is 2. The SMILES string of the molecule is C=CC(=O)N1CCN2C(=O)c3c(N4CC(N5CCN(C)CC5)CC4(C)C)nc(-c4ncccc4F)c(Cl)c3OCC2C1. The Hall–Kier alpha value is -3.28. The smallest absolute Gasteiger partial charge is 0.261 e. The summed E-state index contributed by atoms with van der Waals surface area (Å²) in [6.07, 6.45) is 3.65. The van der Waals surface area contributed by atoms with E-state index in [1.807, 2.05) is 0 Å². The van der Waals surface area contributed by atoms with Gasteiger partial charge in [-0.15, -0.1) is 0 Å². The Labute approximate surface area is 250 Å². The Bertz CT molecular complexity index is 1410. The molecule has 6 rings (SSSR count). The van der Waals surface area contributed by atoms with Crippen molar-refractivity contribution in [3.05, 3.63) is 47.4 Å². The first kappa shape index (κ1) is 28.8. The monoisotopic (exact) mass is 597 g/mol. The molecule has 0 spiro atoms. The molecular formula is C30H37ClFN7O3. The number of anilines is 1. The van der Waals surface area contributed by atoms with Crippen LogP contribution >= 0.6 is 11.6 Å². The summed E-state index contributed by atoms with van der Waals surface area (Å²) in [4.78, 5) is 46.4. The Kier molecular flexibility index (Phi) is 7.61. The van der Waals surface area contributed by atoms with Crippen molar-refractivity contribution in [3.63, 3.8) is 0 Å². The topological polar surface area (TPSA) is 85.4 Å². The standard InChI is InChI=1S/C30H37ClFN7O3/c1-5-22(40)37-13-14-38-20(16-37)18-42-27-23(29(38)41)28(34-26(24(27)31)25-21(32)7-6-8-33-25)39-17-19(15-30(39,2)3)36-11-9-35(4)10-12-36/h5-8,19-20H,1,9-18H2,2-4H3. The molecule has 12 heteroatoms. The van der Waals surface area contributed by atoms with Crippen molar-refractivity contribution in [1.29, 1.82) is 0 Å². The van der Waals surface area contributed by atoms with E-state index in [1.165, 1.54) is 24.4 Å². The normalized spacial score (nSPS) is 24.6. The van der Waals surface area contributed by atoms with E-state index in [-0.39, 0.29) is 63.8 Å². The first-order valence-corrected chi connectivity index (χ1v) is 14.9. The van der Waals surface area contributed by atoms with Crippen molar-refractivity contribution >= 4 is 29.2 Å². The van der Waals surface area contributed by atoms with Crippen LogP contribution in [0.5, 0.6) is 5.75 Å². The molecule has 2 aromatic heterocycles. The number of piperazine rings is 2. The average Bonchev–Trinajstić information content (AvgIpc) is 3.22. The molecule has 0 bridgehead atoms. The number of rotatable bonds is 4. The highest BCUT2D eigenvalue weighted by atomic mass is 35.5. The fraction of sp³-hybridized carbons (Fsp3) is 0.533. The summed E-state index contributed by atoms with van der Waals surface area (Å²) in [7, 11) is 2.14. The van der Waals surface area contributed by atoms with Crippen LogP contribution in [0.15, 0.2) is 31.0 Å². The van der Waals surface area contributed by atoms with E-state index >= 15 is 4.39 Å². The zero-order chi connectivity index (χ0) is 29.8. The first-order chi connectivity index (χ1) is 20.1. The van der Waals surface area contributed by atoms with Gasteiger partial charge in [-0.2, -0.15) is 0 Å². The highest BCUT2D eigenvalue weighted by Gasteiger charge is 2.47. The third-order valence-electron chi connectivity index (χ3n) is 9.09. The van der Waals surface area contributed by atoms with E-state index in [2.05, 4.69) is 47.2 Å². The van der Waals surface area contributed by atoms with E-state index in [4.69, 9.17) is 21.3 Å². The third kappa shape index (κ3) is 5.01. The molecule has 0 saturated carbocycles. The van der Waals surface area contributed by atoms with Crippen LogP contribution in [-0.2, 0) is 4.79 Å². The zero-order valence-electron chi connectivity index (χ0n) is 24.4. The van der Waals surface area contributed by atoms with Crippen molar-refractivity contribution in [2.75, 3.05) is 70.9 Å². The van der Waals surface area contributed by atoms with Crippen LogP contribution in [0.4, 0.5) is 10.2 Å². The summed E-state index contributed by atoms with van der Waals surface area (Å²) in [5.41, 5.74) is 0.0560. The van der Waals surface area contributed by atoms with Crippen LogP contribution in [-0.4, -0.2) is 125 Å². The molecule has 42 heavy (non-hydrogen) atoms. The number of aromatic nitrogens is 2. The van der Waals surface area contributed by atoms with E-state index in [0.717, 1.165) is 32.6 Å². The lowest BCUT2D eigenvalue weighted by atomic mass is 9.98. The molecule has 0 N–H and O–H groups in total. The van der Waals surface area contributed by atoms with Gasteiger partial charge in [0.15, 0.2) is 11.6 Å². The summed E-state index contributed by atoms with van der Waals surface area (Å²) in [5.74, 6) is -0.405. The number of carbonyl (C=O) groups excluding carboxylic acids is 2. The minimum absolute atomic E-state index is 0.0000518. The molecule has 2 aromatic rings. The molecule has 2 amide bonds. The van der Waals surface area contributed by atoms with Gasteiger partial charge in [0.2, 0.25) is 5.91 Å². The van der Waals surface area contributed by atoms with Gasteiger partial charge in [-0.05, 0) is 45.5 Å². The first-order valence-electron chi connectivity index (χ1n) is 14.5. The van der Waals surface area contributed by atoms with Gasteiger partial charge in [0.25, 0.3) is 5.91 Å². The minimum atomic E-state index is -0.565. The largest absolute Gasteiger partial charge is 0.489 e. The molecule has 2 unspecified atom stereocenters. The van der Waals surface area contributed by atoms with Crippen LogP contribution < -0.4 is 9.64 Å². The molecule has 2 atom stereocenters. The second kappa shape index (κ2) is 11.1. The number of likely N-dealkylation sites (N-methyl/N-ethyl adjacent to an activating group) is 1. The predicted molar refractivity (Wildman–Crippen MR) is 158 cm³/mol. The quantitative estimate of drug-likeness (QED) is 0.498. The summed E-state index contributed by atoms with van der Waals surface area (Å²) in [6.45, 7) is 13.7. The Balaban J connectivity index is 1.45. The highest BCUT2D eigenvalue weighted by Crippen LogP contribution is 2.46. The molecule has 3 fully saturated rings. The summed E-state index contributed by atoms with van der Waals surface area (Å²) < 4.78 is 21.4. The van der Waals surface area contributed by atoms with Crippen LogP contribution in [0.3, 0.4) is 0 Å². The van der Waals surface area contributed by atoms with Crippen molar-refractivity contribution in [1.82, 2.24) is 29.6 Å². The molecule has 0 aliphatic carbocycles. The highest BCUT2D eigenvalue weighted by molar-refractivity contribution is 6.35. The van der Waals surface area contributed by atoms with Gasteiger partial charge in [0, 0.05) is 70.1 Å². The number of hydrogen-bond donors (Lipinski definition) is 0. The fourth-order valence-electron chi connectivity index (χ4n) is 6.70. The van der Waals surface area contributed by atoms with Gasteiger partial charge >= 0.3 is 0 Å². The van der Waals surface area contributed by atoms with E-state index in [0.29, 0.717) is 32.0 Å². The molecule has 224 valence electrons. The van der Waals surface area contributed by atoms with Crippen molar-refractivity contribution in [2.24, 2.45) is 0 Å². The average molecular weight is 598 g/mol. The van der Waals surface area contributed by atoms with Crippen LogP contribution in [0.2, 0.25) is 5.02 Å². The van der Waals surface area contributed by atoms with E-state index in [1.54, 1.807) is 9.80 Å². The predicted octanol–water partition coefficient (Wildman–Crippen LogP) is 2.77.